The van der Waals surface area contributed by atoms with Gasteiger partial charge < -0.3 is 5.32 Å². The number of nitrogens with zero attached hydrogens (tertiary/aromatic N) is 1. The summed E-state index contributed by atoms with van der Waals surface area (Å²) in [5.41, 5.74) is 4.13. The summed E-state index contributed by atoms with van der Waals surface area (Å²) in [4.78, 5) is 30.3. The maximum absolute atomic E-state index is 12.1. The quantitative estimate of drug-likeness (QED) is 0.278. The van der Waals surface area contributed by atoms with E-state index in [1.54, 1.807) is 11.5 Å². The van der Waals surface area contributed by atoms with Crippen LogP contribution < -0.4 is 16.4 Å². The molecule has 7 nitrogen and oxygen atoms in total. The minimum Gasteiger partial charge on any atom is -0.326 e. The van der Waals surface area contributed by atoms with Gasteiger partial charge >= 0.3 is 0 Å². The van der Waals surface area contributed by atoms with Crippen molar-refractivity contribution in [2.75, 3.05) is 5.32 Å². The van der Waals surface area contributed by atoms with E-state index in [-0.39, 0.29) is 11.5 Å². The highest BCUT2D eigenvalue weighted by atomic mass is 16.5. The Morgan fingerprint density at radius 1 is 1.07 bits per heavy atom. The Kier molecular flexibility index (Phi) is 6.17. The number of unbranched alkanes of at least 4 members (excludes halogenated alkanes) is 2. The Morgan fingerprint density at radius 3 is 2.78 bits per heavy atom. The molecular weight excluding hydrogens is 344 g/mol. The Balaban J connectivity index is 1.61. The predicted molar refractivity (Wildman–Crippen MR) is 104 cm³/mol. The van der Waals surface area contributed by atoms with Crippen molar-refractivity contribution in [3.63, 3.8) is 0 Å². The van der Waals surface area contributed by atoms with Gasteiger partial charge in [0, 0.05) is 12.1 Å². The lowest BCUT2D eigenvalue weighted by Crippen LogP contribution is -2.17. The largest absolute Gasteiger partial charge is 0.326 e. The molecule has 2 aromatic carbocycles. The van der Waals surface area contributed by atoms with Gasteiger partial charge in [-0.2, -0.15) is 0 Å². The maximum Gasteiger partial charge on any atom is 0.260 e. The molecule has 1 heterocycles. The summed E-state index contributed by atoms with van der Waals surface area (Å²) in [6, 6.07) is 15.2. The van der Waals surface area contributed by atoms with E-state index in [0.717, 1.165) is 36.9 Å². The van der Waals surface area contributed by atoms with Crippen LogP contribution in [0.2, 0.25) is 0 Å². The van der Waals surface area contributed by atoms with Crippen molar-refractivity contribution in [2.24, 2.45) is 0 Å². The topological polar surface area (TPSA) is 107 Å². The molecule has 0 fully saturated rings. The van der Waals surface area contributed by atoms with Crippen LogP contribution in [0.5, 0.6) is 0 Å². The molecule has 0 unspecified atom stereocenters. The third-order valence-corrected chi connectivity index (χ3v) is 4.30. The van der Waals surface area contributed by atoms with Crippen LogP contribution in [0.4, 0.5) is 11.6 Å². The van der Waals surface area contributed by atoms with Crippen molar-refractivity contribution in [3.8, 4) is 0 Å². The summed E-state index contributed by atoms with van der Waals surface area (Å²) in [7, 11) is 0. The fourth-order valence-electron chi connectivity index (χ4n) is 2.93. The van der Waals surface area contributed by atoms with Crippen LogP contribution in [0.3, 0.4) is 0 Å². The van der Waals surface area contributed by atoms with Crippen molar-refractivity contribution in [1.29, 1.82) is 0 Å². The number of hydroxylamine groups is 1. The van der Waals surface area contributed by atoms with E-state index in [9.17, 15) is 9.59 Å². The van der Waals surface area contributed by atoms with E-state index in [0.29, 0.717) is 23.3 Å². The number of aromatic amines is 1. The molecule has 0 saturated carbocycles. The molecule has 3 rings (SSSR count). The van der Waals surface area contributed by atoms with Gasteiger partial charge in [-0.3, -0.25) is 19.8 Å². The third kappa shape index (κ3) is 5.15. The minimum absolute atomic E-state index is 0.175. The zero-order chi connectivity index (χ0) is 19.1. The number of hydrogen-bond acceptors (Lipinski definition) is 5. The number of anilines is 2. The Hall–Kier alpha value is -3.19. The van der Waals surface area contributed by atoms with Crippen LogP contribution in [-0.4, -0.2) is 21.1 Å². The number of benzene rings is 2. The fraction of sp³-hybridized carbons (Fsp3) is 0.250. The molecular formula is C20H22N4O3. The molecule has 0 spiro atoms. The van der Waals surface area contributed by atoms with Gasteiger partial charge in [-0.1, -0.05) is 30.7 Å². The van der Waals surface area contributed by atoms with Crippen LogP contribution in [0, 0.1) is 0 Å². The number of aromatic nitrogens is 2. The molecule has 0 bridgehead atoms. The molecule has 1 aromatic heterocycles. The highest BCUT2D eigenvalue weighted by molar-refractivity contribution is 5.78. The van der Waals surface area contributed by atoms with Crippen LogP contribution in [0.15, 0.2) is 53.3 Å². The van der Waals surface area contributed by atoms with Crippen molar-refractivity contribution in [1.82, 2.24) is 15.4 Å². The highest BCUT2D eigenvalue weighted by Gasteiger charge is 2.04. The average molecular weight is 366 g/mol. The van der Waals surface area contributed by atoms with Gasteiger partial charge in [-0.05, 0) is 49.1 Å². The van der Waals surface area contributed by atoms with E-state index in [4.69, 9.17) is 5.21 Å². The fourth-order valence-corrected chi connectivity index (χ4v) is 2.93. The number of fused-ring (bicyclic) bond motifs is 1. The van der Waals surface area contributed by atoms with Gasteiger partial charge in [0.15, 0.2) is 0 Å². The number of hydrogen-bond donors (Lipinski definition) is 4. The van der Waals surface area contributed by atoms with Crippen molar-refractivity contribution < 1.29 is 10.0 Å². The van der Waals surface area contributed by atoms with E-state index in [1.807, 2.05) is 42.5 Å². The Labute approximate surface area is 156 Å². The van der Waals surface area contributed by atoms with Crippen LogP contribution >= 0.6 is 0 Å². The van der Waals surface area contributed by atoms with Gasteiger partial charge in [0.05, 0.1) is 10.9 Å². The van der Waals surface area contributed by atoms with Gasteiger partial charge in [0.2, 0.25) is 11.9 Å². The average Bonchev–Trinajstić information content (AvgIpc) is 2.68. The first-order chi connectivity index (χ1) is 13.2. The van der Waals surface area contributed by atoms with Crippen molar-refractivity contribution in [3.05, 3.63) is 64.4 Å². The number of H-pyrrole nitrogens is 1. The second-order valence-corrected chi connectivity index (χ2v) is 6.35. The third-order valence-electron chi connectivity index (χ3n) is 4.30. The van der Waals surface area contributed by atoms with Crippen LogP contribution in [-0.2, 0) is 11.2 Å². The summed E-state index contributed by atoms with van der Waals surface area (Å²) < 4.78 is 0. The first-order valence-corrected chi connectivity index (χ1v) is 8.93. The molecule has 1 amide bonds. The van der Waals surface area contributed by atoms with Gasteiger partial charge in [0.25, 0.3) is 5.56 Å². The minimum atomic E-state index is -0.349. The van der Waals surface area contributed by atoms with Crippen LogP contribution in [0.1, 0.15) is 31.2 Å². The van der Waals surface area contributed by atoms with Gasteiger partial charge in [0.1, 0.15) is 0 Å². The molecule has 7 heteroatoms. The molecule has 0 aliphatic rings. The first kappa shape index (κ1) is 18.6. The number of carbonyl (C=O) groups is 1. The van der Waals surface area contributed by atoms with E-state index in [1.165, 1.54) is 0 Å². The van der Waals surface area contributed by atoms with Gasteiger partial charge in [-0.25, -0.2) is 10.5 Å². The Morgan fingerprint density at radius 2 is 1.93 bits per heavy atom. The van der Waals surface area contributed by atoms with Crippen molar-refractivity contribution >= 4 is 28.4 Å². The monoisotopic (exact) mass is 366 g/mol. The number of amides is 1. The Bertz CT molecular complexity index is 984. The normalized spacial score (nSPS) is 10.7. The second-order valence-electron chi connectivity index (χ2n) is 6.35. The lowest BCUT2D eigenvalue weighted by Gasteiger charge is -2.08. The highest BCUT2D eigenvalue weighted by Crippen LogP contribution is 2.17. The summed E-state index contributed by atoms with van der Waals surface area (Å²) in [6.07, 6.45) is 3.82. The predicted octanol–water partition coefficient (Wildman–Crippen LogP) is 3.28. The zero-order valence-electron chi connectivity index (χ0n) is 14.9. The summed E-state index contributed by atoms with van der Waals surface area (Å²) in [6.45, 7) is 0. The standard InChI is InChI=1S/C20H22N4O3/c25-18(24-27)12-3-1-2-7-14-8-6-9-15(13-14)21-20-22-17-11-5-4-10-16(17)19(26)23-20/h4-6,8-11,13,27H,1-3,7,12H2,(H,24,25)(H2,21,22,23,26). The van der Waals surface area contributed by atoms with Crippen molar-refractivity contribution in [2.45, 2.75) is 32.1 Å². The first-order valence-electron chi connectivity index (χ1n) is 8.93. The molecule has 140 valence electrons. The number of carbonyl (C=O) groups excluding carboxylic acids is 1. The summed E-state index contributed by atoms with van der Waals surface area (Å²) in [5.74, 6) is 0.0592. The molecule has 0 aliphatic carbocycles. The molecule has 0 aliphatic heterocycles. The van der Waals surface area contributed by atoms with Gasteiger partial charge in [-0.15, -0.1) is 0 Å². The molecule has 3 aromatic rings. The number of rotatable bonds is 8. The summed E-state index contributed by atoms with van der Waals surface area (Å²) >= 11 is 0. The lowest BCUT2D eigenvalue weighted by atomic mass is 10.1. The van der Waals surface area contributed by atoms with E-state index >= 15 is 0 Å². The zero-order valence-corrected chi connectivity index (χ0v) is 14.9. The number of para-hydroxylation sites is 1. The smallest absolute Gasteiger partial charge is 0.260 e. The lowest BCUT2D eigenvalue weighted by molar-refractivity contribution is -0.129. The molecule has 27 heavy (non-hydrogen) atoms. The SMILES string of the molecule is O=C(CCCCCc1cccc(Nc2nc3ccccc3c(=O)[nH]2)c1)NO. The number of nitrogens with one attached hydrogen (secondary N) is 3. The molecule has 4 N–H and O–H groups in total. The molecule has 0 atom stereocenters. The van der Waals surface area contributed by atoms with E-state index in [2.05, 4.69) is 15.3 Å². The van der Waals surface area contributed by atoms with E-state index < -0.39 is 0 Å². The molecule has 0 saturated heterocycles. The number of aryl methyl sites for hydroxylation is 1. The maximum atomic E-state index is 12.1. The second kappa shape index (κ2) is 8.95. The van der Waals surface area contributed by atoms with Crippen LogP contribution in [0.25, 0.3) is 10.9 Å². The molecule has 0 radical (unpaired) electrons. The summed E-state index contributed by atoms with van der Waals surface area (Å²) in [5, 5.41) is 12.2.